The Morgan fingerprint density at radius 3 is 2.42 bits per heavy atom. The second-order valence-corrected chi connectivity index (χ2v) is 6.48. The van der Waals surface area contributed by atoms with Gasteiger partial charge in [-0.3, -0.25) is 0 Å². The predicted molar refractivity (Wildman–Crippen MR) is 83.5 cm³/mol. The van der Waals surface area contributed by atoms with Crippen molar-refractivity contribution in [3.05, 3.63) is 29.8 Å². The fourth-order valence-electron chi connectivity index (χ4n) is 3.65. The lowest BCUT2D eigenvalue weighted by Gasteiger charge is -2.51. The second-order valence-electron chi connectivity index (χ2n) is 6.48. The van der Waals surface area contributed by atoms with E-state index in [4.69, 9.17) is 5.73 Å². The predicted octanol–water partition coefficient (Wildman–Crippen LogP) is 3.58. The van der Waals surface area contributed by atoms with Gasteiger partial charge in [-0.2, -0.15) is 0 Å². The molecule has 1 aliphatic rings. The maximum atomic E-state index is 6.20. The summed E-state index contributed by atoms with van der Waals surface area (Å²) in [6.07, 6.45) is 3.78. The van der Waals surface area contributed by atoms with Gasteiger partial charge < -0.3 is 10.6 Å². The molecule has 2 N–H and O–H groups in total. The Balaban J connectivity index is 2.27. The van der Waals surface area contributed by atoms with Gasteiger partial charge in [0.25, 0.3) is 0 Å². The van der Waals surface area contributed by atoms with Crippen LogP contribution in [0.5, 0.6) is 0 Å². The first-order chi connectivity index (χ1) is 8.99. The fraction of sp³-hybridized carbons (Fsp3) is 0.647. The van der Waals surface area contributed by atoms with Crippen LogP contribution in [0.25, 0.3) is 0 Å². The standard InChI is InChI=1S/C17H28N2/c1-13-5-7-16(8-6-13)19(4)17(12-18)10-9-14(2)11-15(17)3/h5-8,14-15H,9-12,18H2,1-4H3. The van der Waals surface area contributed by atoms with Crippen molar-refractivity contribution in [2.45, 2.75) is 45.6 Å². The molecular weight excluding hydrogens is 232 g/mol. The molecule has 1 aliphatic carbocycles. The zero-order valence-electron chi connectivity index (χ0n) is 12.8. The Bertz CT molecular complexity index is 412. The molecule has 2 heteroatoms. The number of anilines is 1. The molecule has 0 saturated heterocycles. The fourth-order valence-corrected chi connectivity index (χ4v) is 3.65. The SMILES string of the molecule is Cc1ccc(N(C)C2(CN)CCC(C)CC2C)cc1. The van der Waals surface area contributed by atoms with E-state index in [0.29, 0.717) is 5.92 Å². The molecule has 0 heterocycles. The Kier molecular flexibility index (Phi) is 4.19. The summed E-state index contributed by atoms with van der Waals surface area (Å²) in [4.78, 5) is 2.43. The molecule has 0 bridgehead atoms. The topological polar surface area (TPSA) is 29.3 Å². The molecule has 1 saturated carbocycles. The lowest BCUT2D eigenvalue weighted by Crippen LogP contribution is -2.59. The van der Waals surface area contributed by atoms with E-state index in [0.717, 1.165) is 12.5 Å². The van der Waals surface area contributed by atoms with Gasteiger partial charge >= 0.3 is 0 Å². The van der Waals surface area contributed by atoms with Crippen LogP contribution in [0.3, 0.4) is 0 Å². The summed E-state index contributed by atoms with van der Waals surface area (Å²) >= 11 is 0. The van der Waals surface area contributed by atoms with E-state index >= 15 is 0 Å². The van der Waals surface area contributed by atoms with Crippen molar-refractivity contribution in [3.8, 4) is 0 Å². The Morgan fingerprint density at radius 2 is 1.89 bits per heavy atom. The second kappa shape index (κ2) is 5.54. The van der Waals surface area contributed by atoms with Gasteiger partial charge in [0.1, 0.15) is 0 Å². The summed E-state index contributed by atoms with van der Waals surface area (Å²) in [7, 11) is 2.21. The molecule has 0 spiro atoms. The zero-order valence-corrected chi connectivity index (χ0v) is 12.8. The third-order valence-electron chi connectivity index (χ3n) is 5.19. The summed E-state index contributed by atoms with van der Waals surface area (Å²) in [5, 5.41) is 0. The normalized spacial score (nSPS) is 31.2. The molecule has 2 nitrogen and oxygen atoms in total. The first-order valence-corrected chi connectivity index (χ1v) is 7.50. The molecule has 106 valence electrons. The maximum Gasteiger partial charge on any atom is 0.0546 e. The number of aryl methyl sites for hydroxylation is 1. The molecule has 0 amide bonds. The average molecular weight is 260 g/mol. The van der Waals surface area contributed by atoms with Crippen LogP contribution in [0.4, 0.5) is 5.69 Å². The zero-order chi connectivity index (χ0) is 14.0. The van der Waals surface area contributed by atoms with E-state index < -0.39 is 0 Å². The lowest BCUT2D eigenvalue weighted by atomic mass is 9.69. The summed E-state index contributed by atoms with van der Waals surface area (Å²) in [6, 6.07) is 8.81. The summed E-state index contributed by atoms with van der Waals surface area (Å²) in [5.41, 5.74) is 8.93. The van der Waals surface area contributed by atoms with Gasteiger partial charge in [-0.25, -0.2) is 0 Å². The van der Waals surface area contributed by atoms with E-state index in [-0.39, 0.29) is 5.54 Å². The highest BCUT2D eigenvalue weighted by atomic mass is 15.2. The number of nitrogens with zero attached hydrogens (tertiary/aromatic N) is 1. The van der Waals surface area contributed by atoms with E-state index in [9.17, 15) is 0 Å². The maximum absolute atomic E-state index is 6.20. The van der Waals surface area contributed by atoms with Crippen LogP contribution in [0.2, 0.25) is 0 Å². The Morgan fingerprint density at radius 1 is 1.26 bits per heavy atom. The minimum absolute atomic E-state index is 0.127. The highest BCUT2D eigenvalue weighted by Gasteiger charge is 2.42. The van der Waals surface area contributed by atoms with Crippen LogP contribution in [-0.4, -0.2) is 19.1 Å². The van der Waals surface area contributed by atoms with Crippen LogP contribution < -0.4 is 10.6 Å². The van der Waals surface area contributed by atoms with Crippen LogP contribution in [0, 0.1) is 18.8 Å². The van der Waals surface area contributed by atoms with Crippen molar-refractivity contribution >= 4 is 5.69 Å². The molecule has 19 heavy (non-hydrogen) atoms. The van der Waals surface area contributed by atoms with Crippen LogP contribution in [-0.2, 0) is 0 Å². The van der Waals surface area contributed by atoms with E-state index in [1.165, 1.54) is 30.5 Å². The third kappa shape index (κ3) is 2.64. The van der Waals surface area contributed by atoms with Gasteiger partial charge in [0.05, 0.1) is 5.54 Å². The number of nitrogens with two attached hydrogens (primary N) is 1. The molecule has 3 atom stereocenters. The van der Waals surface area contributed by atoms with Crippen molar-refractivity contribution in [1.29, 1.82) is 0 Å². The largest absolute Gasteiger partial charge is 0.367 e. The van der Waals surface area contributed by atoms with Gasteiger partial charge in [-0.15, -0.1) is 0 Å². The minimum Gasteiger partial charge on any atom is -0.367 e. The van der Waals surface area contributed by atoms with Crippen LogP contribution >= 0.6 is 0 Å². The first-order valence-electron chi connectivity index (χ1n) is 7.50. The summed E-state index contributed by atoms with van der Waals surface area (Å²) in [5.74, 6) is 1.48. The highest BCUT2D eigenvalue weighted by molar-refractivity contribution is 5.50. The van der Waals surface area contributed by atoms with E-state index in [1.54, 1.807) is 0 Å². The Hall–Kier alpha value is -1.02. The van der Waals surface area contributed by atoms with Gasteiger partial charge in [0.15, 0.2) is 0 Å². The lowest BCUT2D eigenvalue weighted by molar-refractivity contribution is 0.164. The highest BCUT2D eigenvalue weighted by Crippen LogP contribution is 2.41. The molecule has 0 aliphatic heterocycles. The molecule has 1 aromatic carbocycles. The number of likely N-dealkylation sites (N-methyl/N-ethyl adjacent to an activating group) is 1. The summed E-state index contributed by atoms with van der Waals surface area (Å²) in [6.45, 7) is 7.61. The van der Waals surface area contributed by atoms with Crippen molar-refractivity contribution < 1.29 is 0 Å². The number of rotatable bonds is 3. The summed E-state index contributed by atoms with van der Waals surface area (Å²) < 4.78 is 0. The Labute approximate surface area is 118 Å². The van der Waals surface area contributed by atoms with Gasteiger partial charge in [-0.1, -0.05) is 31.5 Å². The van der Waals surface area contributed by atoms with Gasteiger partial charge in [-0.05, 0) is 50.2 Å². The molecule has 3 unspecified atom stereocenters. The molecular formula is C17H28N2. The molecule has 1 aromatic rings. The van der Waals surface area contributed by atoms with E-state index in [2.05, 4.69) is 57.0 Å². The van der Waals surface area contributed by atoms with Crippen LogP contribution in [0.1, 0.15) is 38.7 Å². The van der Waals surface area contributed by atoms with Crippen molar-refractivity contribution in [1.82, 2.24) is 0 Å². The monoisotopic (exact) mass is 260 g/mol. The van der Waals surface area contributed by atoms with Crippen molar-refractivity contribution in [3.63, 3.8) is 0 Å². The van der Waals surface area contributed by atoms with Gasteiger partial charge in [0, 0.05) is 19.3 Å². The minimum atomic E-state index is 0.127. The smallest absolute Gasteiger partial charge is 0.0546 e. The van der Waals surface area contributed by atoms with Crippen molar-refractivity contribution in [2.75, 3.05) is 18.5 Å². The number of hydrogen-bond acceptors (Lipinski definition) is 2. The molecule has 1 fully saturated rings. The molecule has 0 radical (unpaired) electrons. The molecule has 0 aromatic heterocycles. The number of benzene rings is 1. The first kappa shape index (κ1) is 14.4. The van der Waals surface area contributed by atoms with Crippen LogP contribution in [0.15, 0.2) is 24.3 Å². The average Bonchev–Trinajstić information content (AvgIpc) is 2.40. The van der Waals surface area contributed by atoms with Crippen molar-refractivity contribution in [2.24, 2.45) is 17.6 Å². The third-order valence-corrected chi connectivity index (χ3v) is 5.19. The molecule has 2 rings (SSSR count). The quantitative estimate of drug-likeness (QED) is 0.900. The van der Waals surface area contributed by atoms with Gasteiger partial charge in [0.2, 0.25) is 0 Å². The van der Waals surface area contributed by atoms with E-state index in [1.807, 2.05) is 0 Å². The number of hydrogen-bond donors (Lipinski definition) is 1.